The van der Waals surface area contributed by atoms with Crippen LogP contribution in [-0.4, -0.2) is 17.6 Å². The summed E-state index contributed by atoms with van der Waals surface area (Å²) in [5.74, 6) is -0.207. The summed E-state index contributed by atoms with van der Waals surface area (Å²) < 4.78 is 7.00. The van der Waals surface area contributed by atoms with E-state index in [4.69, 9.17) is 4.74 Å². The first-order chi connectivity index (χ1) is 10.3. The number of para-hydroxylation sites is 1. The molecule has 0 radical (unpaired) electrons. The minimum atomic E-state index is -0.207. The summed E-state index contributed by atoms with van der Waals surface area (Å²) in [6, 6.07) is 20.2. The standard InChI is InChI=1S/C18H17NO2/c1-21-18(20)13-17(14-7-3-2-4-8-14)19-12-11-15-9-5-6-10-16(15)19/h2-12,17H,13H2,1H3. The number of rotatable bonds is 4. The highest BCUT2D eigenvalue weighted by atomic mass is 16.5. The van der Waals surface area contributed by atoms with Crippen molar-refractivity contribution in [1.29, 1.82) is 0 Å². The lowest BCUT2D eigenvalue weighted by atomic mass is 10.0. The molecule has 0 saturated heterocycles. The average molecular weight is 279 g/mol. The maximum atomic E-state index is 11.8. The Kier molecular flexibility index (Phi) is 3.73. The third kappa shape index (κ3) is 2.68. The molecule has 0 aliphatic rings. The van der Waals surface area contributed by atoms with E-state index < -0.39 is 0 Å². The molecule has 3 aromatic rings. The number of methoxy groups -OCH3 is 1. The monoisotopic (exact) mass is 279 g/mol. The Balaban J connectivity index is 2.08. The van der Waals surface area contributed by atoms with Gasteiger partial charge in [-0.3, -0.25) is 4.79 Å². The second-order valence-electron chi connectivity index (χ2n) is 4.99. The van der Waals surface area contributed by atoms with Crippen LogP contribution in [0.15, 0.2) is 66.9 Å². The van der Waals surface area contributed by atoms with E-state index in [-0.39, 0.29) is 12.0 Å². The van der Waals surface area contributed by atoms with Gasteiger partial charge in [0.1, 0.15) is 0 Å². The first kappa shape index (κ1) is 13.4. The molecule has 3 heteroatoms. The van der Waals surface area contributed by atoms with Crippen molar-refractivity contribution in [3.05, 3.63) is 72.4 Å². The number of carbonyl (C=O) groups is 1. The fourth-order valence-electron chi connectivity index (χ4n) is 2.67. The lowest BCUT2D eigenvalue weighted by molar-refractivity contribution is -0.141. The summed E-state index contributed by atoms with van der Waals surface area (Å²) in [6.07, 6.45) is 2.35. The fraction of sp³-hybridized carbons (Fsp3) is 0.167. The Morgan fingerprint density at radius 2 is 1.76 bits per heavy atom. The highest BCUT2D eigenvalue weighted by molar-refractivity contribution is 5.80. The molecule has 0 aliphatic heterocycles. The van der Waals surface area contributed by atoms with Crippen molar-refractivity contribution in [2.75, 3.05) is 7.11 Å². The highest BCUT2D eigenvalue weighted by Crippen LogP contribution is 2.27. The van der Waals surface area contributed by atoms with Crippen molar-refractivity contribution in [1.82, 2.24) is 4.57 Å². The van der Waals surface area contributed by atoms with Crippen LogP contribution in [-0.2, 0) is 9.53 Å². The van der Waals surface area contributed by atoms with Crippen molar-refractivity contribution in [2.45, 2.75) is 12.5 Å². The molecule has 0 fully saturated rings. The van der Waals surface area contributed by atoms with Crippen LogP contribution in [0.5, 0.6) is 0 Å². The smallest absolute Gasteiger partial charge is 0.307 e. The first-order valence-electron chi connectivity index (χ1n) is 6.97. The second kappa shape index (κ2) is 5.83. The van der Waals surface area contributed by atoms with E-state index in [1.165, 1.54) is 12.5 Å². The average Bonchev–Trinajstić information content (AvgIpc) is 2.97. The van der Waals surface area contributed by atoms with Crippen molar-refractivity contribution >= 4 is 16.9 Å². The Hall–Kier alpha value is -2.55. The molecule has 0 saturated carbocycles. The summed E-state index contributed by atoms with van der Waals surface area (Å²) in [5, 5.41) is 1.17. The minimum Gasteiger partial charge on any atom is -0.469 e. The van der Waals surface area contributed by atoms with Gasteiger partial charge in [-0.15, -0.1) is 0 Å². The van der Waals surface area contributed by atoms with Crippen molar-refractivity contribution in [3.63, 3.8) is 0 Å². The molecule has 21 heavy (non-hydrogen) atoms. The summed E-state index contributed by atoms with van der Waals surface area (Å²) in [6.45, 7) is 0. The molecule has 0 spiro atoms. The van der Waals surface area contributed by atoms with Gasteiger partial charge >= 0.3 is 5.97 Å². The zero-order valence-electron chi connectivity index (χ0n) is 11.9. The van der Waals surface area contributed by atoms with Crippen LogP contribution in [0.4, 0.5) is 0 Å². The van der Waals surface area contributed by atoms with Crippen LogP contribution >= 0.6 is 0 Å². The number of carbonyl (C=O) groups excluding carboxylic acids is 1. The van der Waals surface area contributed by atoms with Gasteiger partial charge in [0, 0.05) is 11.7 Å². The van der Waals surface area contributed by atoms with Gasteiger partial charge in [0.2, 0.25) is 0 Å². The molecule has 2 aromatic carbocycles. The van der Waals surface area contributed by atoms with Crippen LogP contribution in [0, 0.1) is 0 Å². The normalized spacial score (nSPS) is 12.2. The number of esters is 1. The third-order valence-corrected chi connectivity index (χ3v) is 3.74. The number of fused-ring (bicyclic) bond motifs is 1. The van der Waals surface area contributed by atoms with Crippen LogP contribution in [0.25, 0.3) is 10.9 Å². The van der Waals surface area contributed by atoms with Crippen LogP contribution in [0.1, 0.15) is 18.0 Å². The molecule has 1 heterocycles. The number of hydrogen-bond donors (Lipinski definition) is 0. The molecule has 1 atom stereocenters. The van der Waals surface area contributed by atoms with Crippen molar-refractivity contribution in [3.8, 4) is 0 Å². The van der Waals surface area contributed by atoms with Gasteiger partial charge in [-0.2, -0.15) is 0 Å². The quantitative estimate of drug-likeness (QED) is 0.680. The number of ether oxygens (including phenoxy) is 1. The van der Waals surface area contributed by atoms with E-state index in [1.54, 1.807) is 0 Å². The molecule has 3 rings (SSSR count). The second-order valence-corrected chi connectivity index (χ2v) is 4.99. The third-order valence-electron chi connectivity index (χ3n) is 3.74. The number of benzene rings is 2. The predicted molar refractivity (Wildman–Crippen MR) is 83.2 cm³/mol. The van der Waals surface area contributed by atoms with E-state index in [0.29, 0.717) is 6.42 Å². The molecular weight excluding hydrogens is 262 g/mol. The first-order valence-corrected chi connectivity index (χ1v) is 6.97. The zero-order valence-corrected chi connectivity index (χ0v) is 11.9. The van der Waals surface area contributed by atoms with E-state index >= 15 is 0 Å². The molecule has 106 valence electrons. The lowest BCUT2D eigenvalue weighted by Crippen LogP contribution is -2.15. The maximum Gasteiger partial charge on any atom is 0.307 e. The van der Waals surface area contributed by atoms with Gasteiger partial charge in [-0.05, 0) is 23.1 Å². The highest BCUT2D eigenvalue weighted by Gasteiger charge is 2.19. The number of aromatic nitrogens is 1. The van der Waals surface area contributed by atoms with E-state index in [2.05, 4.69) is 22.8 Å². The molecule has 3 nitrogen and oxygen atoms in total. The molecule has 0 amide bonds. The SMILES string of the molecule is COC(=O)CC(c1ccccc1)n1ccc2ccccc21. The molecule has 1 aromatic heterocycles. The lowest BCUT2D eigenvalue weighted by Gasteiger charge is -2.19. The minimum absolute atomic E-state index is 0.0569. The van der Waals surface area contributed by atoms with Crippen LogP contribution < -0.4 is 0 Å². The molecule has 0 bridgehead atoms. The van der Waals surface area contributed by atoms with Gasteiger partial charge in [0.05, 0.1) is 19.6 Å². The molecule has 1 unspecified atom stereocenters. The maximum absolute atomic E-state index is 11.8. The van der Waals surface area contributed by atoms with E-state index in [1.807, 2.05) is 48.7 Å². The zero-order chi connectivity index (χ0) is 14.7. The summed E-state index contributed by atoms with van der Waals surface area (Å²) in [5.41, 5.74) is 2.22. The van der Waals surface area contributed by atoms with E-state index in [9.17, 15) is 4.79 Å². The fourth-order valence-corrected chi connectivity index (χ4v) is 2.67. The molecule has 0 N–H and O–H groups in total. The Morgan fingerprint density at radius 3 is 2.52 bits per heavy atom. The topological polar surface area (TPSA) is 31.2 Å². The number of nitrogens with zero attached hydrogens (tertiary/aromatic N) is 1. The van der Waals surface area contributed by atoms with Gasteiger partial charge in [-0.1, -0.05) is 48.5 Å². The van der Waals surface area contributed by atoms with Gasteiger partial charge in [0.15, 0.2) is 0 Å². The van der Waals surface area contributed by atoms with Crippen molar-refractivity contribution < 1.29 is 9.53 Å². The summed E-state index contributed by atoms with van der Waals surface area (Å²) in [7, 11) is 1.43. The van der Waals surface area contributed by atoms with Crippen LogP contribution in [0.2, 0.25) is 0 Å². The Morgan fingerprint density at radius 1 is 1.05 bits per heavy atom. The predicted octanol–water partition coefficient (Wildman–Crippen LogP) is 3.79. The van der Waals surface area contributed by atoms with Gasteiger partial charge in [-0.25, -0.2) is 0 Å². The van der Waals surface area contributed by atoms with E-state index in [0.717, 1.165) is 11.1 Å². The molecular formula is C18H17NO2. The molecule has 0 aliphatic carbocycles. The number of hydrogen-bond acceptors (Lipinski definition) is 2. The van der Waals surface area contributed by atoms with Crippen LogP contribution in [0.3, 0.4) is 0 Å². The largest absolute Gasteiger partial charge is 0.469 e. The summed E-state index contributed by atoms with van der Waals surface area (Å²) >= 11 is 0. The van der Waals surface area contributed by atoms with Crippen molar-refractivity contribution in [2.24, 2.45) is 0 Å². The Bertz CT molecular complexity index is 746. The van der Waals surface area contributed by atoms with Gasteiger partial charge in [0.25, 0.3) is 0 Å². The Labute approximate surface area is 123 Å². The summed E-state index contributed by atoms with van der Waals surface area (Å²) in [4.78, 5) is 11.8. The van der Waals surface area contributed by atoms with Gasteiger partial charge < -0.3 is 9.30 Å².